The van der Waals surface area contributed by atoms with Crippen LogP contribution in [0.3, 0.4) is 0 Å². The van der Waals surface area contributed by atoms with Crippen LogP contribution in [0.4, 0.5) is 0 Å². The summed E-state index contributed by atoms with van der Waals surface area (Å²) >= 11 is 0. The van der Waals surface area contributed by atoms with E-state index in [-0.39, 0.29) is 5.41 Å². The van der Waals surface area contributed by atoms with E-state index in [0.29, 0.717) is 5.41 Å². The van der Waals surface area contributed by atoms with Crippen molar-refractivity contribution in [3.63, 3.8) is 0 Å². The number of rotatable bonds is 4. The van der Waals surface area contributed by atoms with Gasteiger partial charge in [-0.15, -0.1) is 0 Å². The number of nitrogens with one attached hydrogen (secondary N) is 1. The summed E-state index contributed by atoms with van der Waals surface area (Å²) in [6.45, 7) is 2.90. The normalized spacial score (nSPS) is 26.6. The molecule has 1 aromatic rings. The Balaban J connectivity index is 1.43. The minimum Gasteiger partial charge on any atom is -0.328 e. The van der Waals surface area contributed by atoms with Crippen molar-refractivity contribution in [2.24, 2.45) is 20.4 Å². The Morgan fingerprint density at radius 2 is 1.81 bits per heavy atom. The number of hydrogen-bond acceptors (Lipinski definition) is 4. The molecule has 1 aromatic carbocycles. The molecule has 0 unspecified atom stereocenters. The smallest absolute Gasteiger partial charge is 0.140 e. The van der Waals surface area contributed by atoms with Gasteiger partial charge in [-0.1, -0.05) is 24.3 Å². The van der Waals surface area contributed by atoms with E-state index in [4.69, 9.17) is 9.98 Å². The number of amidine groups is 3. The van der Waals surface area contributed by atoms with Crippen molar-refractivity contribution in [3.05, 3.63) is 35.4 Å². The molecule has 2 spiro atoms. The Kier molecular flexibility index (Phi) is 3.97. The lowest BCUT2D eigenvalue weighted by molar-refractivity contribution is 0.403. The summed E-state index contributed by atoms with van der Waals surface area (Å²) in [6.07, 6.45) is 7.08. The van der Waals surface area contributed by atoms with E-state index in [9.17, 15) is 0 Å². The van der Waals surface area contributed by atoms with Crippen LogP contribution in [0.2, 0.25) is 0 Å². The molecule has 0 atom stereocenters. The van der Waals surface area contributed by atoms with Gasteiger partial charge in [0.25, 0.3) is 0 Å². The maximum absolute atomic E-state index is 4.97. The number of fused-ring (bicyclic) bond motifs is 5. The molecule has 3 aliphatic heterocycles. The van der Waals surface area contributed by atoms with E-state index in [0.717, 1.165) is 55.5 Å². The van der Waals surface area contributed by atoms with Gasteiger partial charge in [0.15, 0.2) is 0 Å². The molecule has 0 saturated heterocycles. The molecule has 2 aliphatic carbocycles. The lowest BCUT2D eigenvalue weighted by atomic mass is 9.92. The van der Waals surface area contributed by atoms with Gasteiger partial charge in [0.05, 0.1) is 6.54 Å². The first-order valence-electron chi connectivity index (χ1n) is 10.3. The van der Waals surface area contributed by atoms with Crippen molar-refractivity contribution in [1.82, 2.24) is 10.2 Å². The average Bonchev–Trinajstić information content (AvgIpc) is 3.55. The minimum atomic E-state index is 0.285. The van der Waals surface area contributed by atoms with Crippen molar-refractivity contribution < 1.29 is 0 Å². The van der Waals surface area contributed by atoms with Gasteiger partial charge in [0.2, 0.25) is 0 Å². The summed E-state index contributed by atoms with van der Waals surface area (Å²) in [6, 6.07) is 9.03. The van der Waals surface area contributed by atoms with Crippen molar-refractivity contribution in [1.29, 1.82) is 0 Å². The van der Waals surface area contributed by atoms with Gasteiger partial charge in [0, 0.05) is 29.4 Å². The fourth-order valence-electron chi connectivity index (χ4n) is 4.23. The van der Waals surface area contributed by atoms with E-state index < -0.39 is 0 Å². The van der Waals surface area contributed by atoms with Gasteiger partial charge in [-0.25, -0.2) is 4.99 Å². The number of benzene rings is 1. The fraction of sp³-hybridized carbons (Fsp3) is 0.591. The molecule has 27 heavy (non-hydrogen) atoms. The fourth-order valence-corrected chi connectivity index (χ4v) is 4.23. The third kappa shape index (κ3) is 3.22. The van der Waals surface area contributed by atoms with Crippen molar-refractivity contribution in [3.8, 4) is 0 Å². The topological polar surface area (TPSA) is 52.4 Å². The summed E-state index contributed by atoms with van der Waals surface area (Å²) in [7, 11) is 4.23. The zero-order valence-corrected chi connectivity index (χ0v) is 16.5. The standard InChI is InChI=1S/C22H29N5/c1-27(2)13-3-12-23-18-14-21(8-9-21)17-6-4-16(5-7-17)19(25-18)26-20-22(10-11-22)15-24-20/h4-7H,3,8-15H2,1-2H3,(H,23,24,25,26). The zero-order chi connectivity index (χ0) is 18.5. The van der Waals surface area contributed by atoms with Crippen molar-refractivity contribution in [2.75, 3.05) is 33.7 Å². The Bertz CT molecular complexity index is 823. The third-order valence-corrected chi connectivity index (χ3v) is 6.54. The minimum absolute atomic E-state index is 0.285. The highest BCUT2D eigenvalue weighted by Crippen LogP contribution is 2.53. The van der Waals surface area contributed by atoms with E-state index in [1.165, 1.54) is 31.2 Å². The van der Waals surface area contributed by atoms with Crippen LogP contribution in [0.15, 0.2) is 39.2 Å². The van der Waals surface area contributed by atoms with E-state index in [1.54, 1.807) is 0 Å². The number of hydrogen-bond donors (Lipinski definition) is 1. The molecule has 0 radical (unpaired) electrons. The van der Waals surface area contributed by atoms with Crippen LogP contribution in [0, 0.1) is 5.41 Å². The molecule has 1 N–H and O–H groups in total. The summed E-state index contributed by atoms with van der Waals surface area (Å²) in [5, 5.41) is 3.62. The SMILES string of the molecule is CN(C)CCCN=C1CC2(CC2)c2ccc(cc2)C(=NC2=NCC23CC3)N1. The highest BCUT2D eigenvalue weighted by molar-refractivity contribution is 6.15. The zero-order valence-electron chi connectivity index (χ0n) is 16.5. The first kappa shape index (κ1) is 17.1. The summed E-state index contributed by atoms with van der Waals surface area (Å²) in [4.78, 5) is 16.7. The molecule has 6 rings (SSSR count). The van der Waals surface area contributed by atoms with Crippen LogP contribution in [0.5, 0.6) is 0 Å². The summed E-state index contributed by atoms with van der Waals surface area (Å²) < 4.78 is 0. The molecule has 0 aromatic heterocycles. The molecule has 5 aliphatic rings. The average molecular weight is 364 g/mol. The van der Waals surface area contributed by atoms with Crippen LogP contribution >= 0.6 is 0 Å². The van der Waals surface area contributed by atoms with Crippen LogP contribution in [-0.2, 0) is 5.41 Å². The van der Waals surface area contributed by atoms with Crippen LogP contribution in [0.1, 0.15) is 49.7 Å². The molecule has 5 nitrogen and oxygen atoms in total. The Hall–Kier alpha value is -2.01. The Morgan fingerprint density at radius 3 is 2.41 bits per heavy atom. The molecule has 142 valence electrons. The van der Waals surface area contributed by atoms with Gasteiger partial charge in [-0.05, 0) is 58.3 Å². The first-order chi connectivity index (χ1) is 13.1. The van der Waals surface area contributed by atoms with Gasteiger partial charge >= 0.3 is 0 Å². The lowest BCUT2D eigenvalue weighted by Gasteiger charge is -2.23. The van der Waals surface area contributed by atoms with Crippen LogP contribution < -0.4 is 5.32 Å². The predicted octanol–water partition coefficient (Wildman–Crippen LogP) is 3.00. The van der Waals surface area contributed by atoms with Gasteiger partial charge in [0.1, 0.15) is 17.5 Å². The molecule has 2 fully saturated rings. The van der Waals surface area contributed by atoms with Crippen molar-refractivity contribution >= 4 is 17.5 Å². The predicted molar refractivity (Wildman–Crippen MR) is 111 cm³/mol. The van der Waals surface area contributed by atoms with Gasteiger partial charge in [-0.2, -0.15) is 0 Å². The molecular weight excluding hydrogens is 334 g/mol. The monoisotopic (exact) mass is 363 g/mol. The highest BCUT2D eigenvalue weighted by Gasteiger charge is 2.53. The molecule has 2 saturated carbocycles. The maximum atomic E-state index is 4.97. The van der Waals surface area contributed by atoms with Crippen LogP contribution in [-0.4, -0.2) is 56.1 Å². The van der Waals surface area contributed by atoms with Gasteiger partial charge < -0.3 is 10.2 Å². The Morgan fingerprint density at radius 1 is 1.07 bits per heavy atom. The third-order valence-electron chi connectivity index (χ3n) is 6.54. The molecular formula is C22H29N5. The maximum Gasteiger partial charge on any atom is 0.140 e. The van der Waals surface area contributed by atoms with Gasteiger partial charge in [-0.3, -0.25) is 9.98 Å². The van der Waals surface area contributed by atoms with Crippen LogP contribution in [0.25, 0.3) is 0 Å². The van der Waals surface area contributed by atoms with E-state index >= 15 is 0 Å². The molecule has 3 heterocycles. The number of nitrogens with zero attached hydrogens (tertiary/aromatic N) is 4. The second-order valence-corrected chi connectivity index (χ2v) is 9.03. The lowest BCUT2D eigenvalue weighted by Crippen LogP contribution is -2.36. The molecule has 0 amide bonds. The molecule has 2 bridgehead atoms. The Labute approximate surface area is 161 Å². The number of aliphatic imine (C=N–C) groups is 3. The second-order valence-electron chi connectivity index (χ2n) is 9.03. The second kappa shape index (κ2) is 6.26. The summed E-state index contributed by atoms with van der Waals surface area (Å²) in [5.74, 6) is 3.06. The summed E-state index contributed by atoms with van der Waals surface area (Å²) in [5.41, 5.74) is 3.19. The van der Waals surface area contributed by atoms with E-state index in [2.05, 4.69) is 53.6 Å². The molecule has 5 heteroatoms. The van der Waals surface area contributed by atoms with E-state index in [1.807, 2.05) is 0 Å². The quantitative estimate of drug-likeness (QED) is 0.836. The van der Waals surface area contributed by atoms with Crippen molar-refractivity contribution in [2.45, 2.75) is 43.9 Å². The first-order valence-corrected chi connectivity index (χ1v) is 10.3. The largest absolute Gasteiger partial charge is 0.328 e. The highest BCUT2D eigenvalue weighted by atomic mass is 15.1.